The Labute approximate surface area is 76.5 Å². The fraction of sp³-hybridized carbons (Fsp3) is 0.750. The zero-order chi connectivity index (χ0) is 8.77. The van der Waals surface area contributed by atoms with E-state index in [1.54, 1.807) is 0 Å². The van der Waals surface area contributed by atoms with Crippen LogP contribution in [0.3, 0.4) is 0 Å². The van der Waals surface area contributed by atoms with Crippen LogP contribution in [0.15, 0.2) is 6.20 Å². The Morgan fingerprint density at radius 2 is 2.33 bits per heavy atom. The summed E-state index contributed by atoms with van der Waals surface area (Å²) in [6.45, 7) is 6.44. The van der Waals surface area contributed by atoms with E-state index in [4.69, 9.17) is 0 Å². The predicted molar refractivity (Wildman–Crippen MR) is 50.2 cm³/mol. The van der Waals surface area contributed by atoms with Crippen molar-refractivity contribution in [3.05, 3.63) is 11.9 Å². The molecule has 0 N–H and O–H groups in total. The van der Waals surface area contributed by atoms with Gasteiger partial charge in [0.15, 0.2) is 0 Å². The summed E-state index contributed by atoms with van der Waals surface area (Å²) in [5, 5.41) is 8.24. The Bertz CT molecular complexity index is 288. The van der Waals surface area contributed by atoms with E-state index in [9.17, 15) is 0 Å². The highest BCUT2D eigenvalue weighted by Crippen LogP contribution is 2.52. The highest BCUT2D eigenvalue weighted by molar-refractivity contribution is 8.07. The van der Waals surface area contributed by atoms with Crippen molar-refractivity contribution >= 4 is 11.8 Å². The van der Waals surface area contributed by atoms with Gasteiger partial charge in [-0.1, -0.05) is 5.21 Å². The largest absolute Gasteiger partial charge is 0.250 e. The average Bonchev–Trinajstić information content (AvgIpc) is 2.61. The Balaban J connectivity index is 2.25. The van der Waals surface area contributed by atoms with Crippen LogP contribution in [0.4, 0.5) is 0 Å². The van der Waals surface area contributed by atoms with Gasteiger partial charge in [0.2, 0.25) is 0 Å². The summed E-state index contributed by atoms with van der Waals surface area (Å²) in [7, 11) is 0. The third-order valence-corrected chi connectivity index (χ3v) is 3.52. The first kappa shape index (κ1) is 8.10. The number of thioether (sulfide) groups is 1. The molecule has 0 aliphatic carbocycles. The van der Waals surface area contributed by atoms with Gasteiger partial charge in [0.1, 0.15) is 0 Å². The molecule has 3 nitrogen and oxygen atoms in total. The van der Waals surface area contributed by atoms with Crippen molar-refractivity contribution in [2.24, 2.45) is 0 Å². The van der Waals surface area contributed by atoms with Gasteiger partial charge in [-0.15, -0.1) is 16.9 Å². The molecule has 0 spiro atoms. The predicted octanol–water partition coefficient (Wildman–Crippen LogP) is 1.82. The quantitative estimate of drug-likeness (QED) is 0.655. The third kappa shape index (κ3) is 1.24. The van der Waals surface area contributed by atoms with Crippen LogP contribution in [0.25, 0.3) is 0 Å². The first-order valence-corrected chi connectivity index (χ1v) is 5.17. The van der Waals surface area contributed by atoms with Gasteiger partial charge in [-0.2, -0.15) is 0 Å². The zero-order valence-corrected chi connectivity index (χ0v) is 8.43. The molecule has 1 aliphatic rings. The summed E-state index contributed by atoms with van der Waals surface area (Å²) in [5.41, 5.74) is 1.13. The van der Waals surface area contributed by atoms with Crippen molar-refractivity contribution in [3.63, 3.8) is 0 Å². The smallest absolute Gasteiger partial charge is 0.0993 e. The highest BCUT2D eigenvalue weighted by atomic mass is 32.2. The van der Waals surface area contributed by atoms with Crippen molar-refractivity contribution in [1.29, 1.82) is 0 Å². The Morgan fingerprint density at radius 1 is 1.67 bits per heavy atom. The van der Waals surface area contributed by atoms with E-state index in [1.807, 2.05) is 16.4 Å². The number of nitrogens with zero attached hydrogens (tertiary/aromatic N) is 3. The van der Waals surface area contributed by atoms with Crippen LogP contribution in [0, 0.1) is 0 Å². The van der Waals surface area contributed by atoms with Crippen molar-refractivity contribution in [3.8, 4) is 0 Å². The normalized spacial score (nSPS) is 28.0. The standard InChI is InChI=1S/C8H13N3S/c1-6(2)11-4-7(9-10-11)8(3)5-12-8/h4,6H,5H2,1-3H3. The molecular weight excluding hydrogens is 170 g/mol. The van der Waals surface area contributed by atoms with Crippen LogP contribution in [0.2, 0.25) is 0 Å². The van der Waals surface area contributed by atoms with Gasteiger partial charge in [-0.25, -0.2) is 4.68 Å². The third-order valence-electron chi connectivity index (χ3n) is 2.16. The minimum absolute atomic E-state index is 0.271. The van der Waals surface area contributed by atoms with Gasteiger partial charge in [-0.05, 0) is 20.8 Å². The molecule has 0 aromatic carbocycles. The van der Waals surface area contributed by atoms with E-state index in [-0.39, 0.29) is 4.75 Å². The molecule has 1 atom stereocenters. The summed E-state index contributed by atoms with van der Waals surface area (Å²) in [6, 6.07) is 0.415. The fourth-order valence-corrected chi connectivity index (χ4v) is 1.63. The number of aromatic nitrogens is 3. The maximum atomic E-state index is 4.16. The van der Waals surface area contributed by atoms with E-state index in [2.05, 4.69) is 37.3 Å². The minimum Gasteiger partial charge on any atom is -0.250 e. The van der Waals surface area contributed by atoms with Gasteiger partial charge in [0.05, 0.1) is 16.6 Å². The van der Waals surface area contributed by atoms with E-state index < -0.39 is 0 Å². The van der Waals surface area contributed by atoms with E-state index >= 15 is 0 Å². The number of hydrogen-bond acceptors (Lipinski definition) is 3. The molecule has 1 unspecified atom stereocenters. The van der Waals surface area contributed by atoms with E-state index in [1.165, 1.54) is 5.75 Å². The molecule has 1 fully saturated rings. The lowest BCUT2D eigenvalue weighted by molar-refractivity contribution is 0.514. The summed E-state index contributed by atoms with van der Waals surface area (Å²) in [5.74, 6) is 1.18. The lowest BCUT2D eigenvalue weighted by Crippen LogP contribution is -2.01. The second kappa shape index (κ2) is 2.49. The Kier molecular flexibility index (Phi) is 1.68. The van der Waals surface area contributed by atoms with Crippen LogP contribution < -0.4 is 0 Å². The van der Waals surface area contributed by atoms with E-state index in [0.717, 1.165) is 5.69 Å². The fourth-order valence-electron chi connectivity index (χ4n) is 1.03. The molecule has 0 saturated carbocycles. The molecule has 1 aliphatic heterocycles. The molecule has 1 saturated heterocycles. The topological polar surface area (TPSA) is 30.7 Å². The first-order valence-electron chi connectivity index (χ1n) is 4.18. The lowest BCUT2D eigenvalue weighted by Gasteiger charge is -2.02. The molecule has 4 heteroatoms. The van der Waals surface area contributed by atoms with Crippen LogP contribution in [-0.4, -0.2) is 20.7 Å². The zero-order valence-electron chi connectivity index (χ0n) is 7.61. The van der Waals surface area contributed by atoms with Crippen molar-refractivity contribution < 1.29 is 0 Å². The molecule has 1 aromatic heterocycles. The summed E-state index contributed by atoms with van der Waals surface area (Å²) >= 11 is 1.93. The van der Waals surface area contributed by atoms with Crippen LogP contribution in [-0.2, 0) is 4.75 Å². The summed E-state index contributed by atoms with van der Waals surface area (Å²) < 4.78 is 2.19. The van der Waals surface area contributed by atoms with Crippen LogP contribution in [0.1, 0.15) is 32.5 Å². The molecule has 66 valence electrons. The van der Waals surface area contributed by atoms with Gasteiger partial charge in [-0.3, -0.25) is 0 Å². The highest BCUT2D eigenvalue weighted by Gasteiger charge is 2.43. The van der Waals surface area contributed by atoms with Crippen LogP contribution >= 0.6 is 11.8 Å². The molecule has 0 bridgehead atoms. The summed E-state index contributed by atoms with van der Waals surface area (Å²) in [4.78, 5) is 0. The Hall–Kier alpha value is -0.510. The molecule has 0 amide bonds. The van der Waals surface area contributed by atoms with Crippen molar-refractivity contribution in [2.45, 2.75) is 31.6 Å². The number of hydrogen-bond donors (Lipinski definition) is 0. The van der Waals surface area contributed by atoms with Gasteiger partial charge >= 0.3 is 0 Å². The second-order valence-corrected chi connectivity index (χ2v) is 5.18. The van der Waals surface area contributed by atoms with Crippen molar-refractivity contribution in [2.75, 3.05) is 5.75 Å². The molecular formula is C8H13N3S. The number of rotatable bonds is 2. The first-order chi connectivity index (χ1) is 5.62. The minimum atomic E-state index is 0.271. The van der Waals surface area contributed by atoms with Gasteiger partial charge < -0.3 is 0 Å². The van der Waals surface area contributed by atoms with Crippen LogP contribution in [0.5, 0.6) is 0 Å². The maximum absolute atomic E-state index is 4.16. The lowest BCUT2D eigenvalue weighted by atomic mass is 10.1. The molecule has 1 aromatic rings. The molecule has 12 heavy (non-hydrogen) atoms. The molecule has 2 heterocycles. The maximum Gasteiger partial charge on any atom is 0.0993 e. The molecule has 2 rings (SSSR count). The van der Waals surface area contributed by atoms with Crippen molar-refractivity contribution in [1.82, 2.24) is 15.0 Å². The SMILES string of the molecule is CC(C)n1cc(C2(C)CS2)nn1. The second-order valence-electron chi connectivity index (χ2n) is 3.70. The van der Waals surface area contributed by atoms with E-state index in [0.29, 0.717) is 6.04 Å². The van der Waals surface area contributed by atoms with Gasteiger partial charge in [0.25, 0.3) is 0 Å². The van der Waals surface area contributed by atoms with Gasteiger partial charge in [0, 0.05) is 11.8 Å². The molecule has 0 radical (unpaired) electrons. The monoisotopic (exact) mass is 183 g/mol. The summed E-state index contributed by atoms with van der Waals surface area (Å²) in [6.07, 6.45) is 2.06. The Morgan fingerprint density at radius 3 is 2.75 bits per heavy atom. The average molecular weight is 183 g/mol.